The van der Waals surface area contributed by atoms with Crippen molar-refractivity contribution >= 4 is 0 Å². The maximum absolute atomic E-state index is 3.78. The van der Waals surface area contributed by atoms with E-state index in [9.17, 15) is 0 Å². The maximum atomic E-state index is 3.78. The quantitative estimate of drug-likeness (QED) is 0.684. The summed E-state index contributed by atoms with van der Waals surface area (Å²) in [6, 6.07) is 11.4. The van der Waals surface area contributed by atoms with E-state index in [-0.39, 0.29) is 21.1 Å². The Kier molecular flexibility index (Phi) is 11.3. The minimum atomic E-state index is 0. The number of hydrogen-bond acceptors (Lipinski definition) is 2. The summed E-state index contributed by atoms with van der Waals surface area (Å²) in [5.74, 6) is 0. The molecule has 16 heavy (non-hydrogen) atoms. The average molecular weight is 395 g/mol. The van der Waals surface area contributed by atoms with E-state index in [1.807, 2.05) is 36.4 Å². The van der Waals surface area contributed by atoms with Crippen LogP contribution in [0.25, 0.3) is 0 Å². The van der Waals surface area contributed by atoms with Crippen molar-refractivity contribution < 1.29 is 21.1 Å². The molecule has 0 aromatic carbocycles. The van der Waals surface area contributed by atoms with Gasteiger partial charge in [0, 0.05) is 45.9 Å². The molecule has 2 aromatic heterocycles. The van der Waals surface area contributed by atoms with E-state index in [0.29, 0.717) is 0 Å². The Bertz CT molecular complexity index is 223. The van der Waals surface area contributed by atoms with Crippen LogP contribution in [0.2, 0.25) is 0 Å². The third-order valence-corrected chi connectivity index (χ3v) is 1.49. The Morgan fingerprint density at radius 3 is 0.875 bits per heavy atom. The molecule has 0 unspecified atom stereocenters. The molecule has 0 radical (unpaired) electrons. The van der Waals surface area contributed by atoms with Crippen LogP contribution in [0, 0.1) is 0 Å². The zero-order chi connectivity index (χ0) is 10.6. The van der Waals surface area contributed by atoms with Gasteiger partial charge in [0.05, 0.1) is 0 Å². The Labute approximate surface area is 111 Å². The van der Waals surface area contributed by atoms with E-state index in [2.05, 4.69) is 9.97 Å². The summed E-state index contributed by atoms with van der Waals surface area (Å²) >= 11 is 0. The third kappa shape index (κ3) is 13.0. The minimum absolute atomic E-state index is 0. The predicted molar refractivity (Wildman–Crippen MR) is 62.3 cm³/mol. The SMILES string of the molecule is C1CC1.[Pt].c1ccncc1.c1ccncc1. The molecule has 3 heteroatoms. The summed E-state index contributed by atoms with van der Waals surface area (Å²) in [6.07, 6.45) is 11.5. The van der Waals surface area contributed by atoms with Gasteiger partial charge in [0.2, 0.25) is 0 Å². The normalized spacial score (nSPS) is 10.5. The van der Waals surface area contributed by atoms with E-state index in [4.69, 9.17) is 0 Å². The maximum Gasteiger partial charge on any atom is 0.0267 e. The molecule has 1 aliphatic rings. The second-order valence-electron chi connectivity index (χ2n) is 3.11. The predicted octanol–water partition coefficient (Wildman–Crippen LogP) is 3.33. The van der Waals surface area contributed by atoms with Crippen LogP contribution >= 0.6 is 0 Å². The Morgan fingerprint density at radius 1 is 0.500 bits per heavy atom. The second-order valence-corrected chi connectivity index (χ2v) is 3.11. The van der Waals surface area contributed by atoms with Crippen molar-refractivity contribution in [3.8, 4) is 0 Å². The first-order valence-electron chi connectivity index (χ1n) is 5.20. The van der Waals surface area contributed by atoms with Crippen LogP contribution in [0.4, 0.5) is 0 Å². The van der Waals surface area contributed by atoms with Crippen molar-refractivity contribution in [1.29, 1.82) is 0 Å². The molecule has 1 fully saturated rings. The monoisotopic (exact) mass is 395 g/mol. The first kappa shape index (κ1) is 15.0. The Balaban J connectivity index is 0.000000215. The smallest absolute Gasteiger partial charge is 0.0267 e. The van der Waals surface area contributed by atoms with E-state index in [1.54, 1.807) is 24.8 Å². The van der Waals surface area contributed by atoms with Crippen LogP contribution in [0.15, 0.2) is 61.2 Å². The van der Waals surface area contributed by atoms with Gasteiger partial charge in [-0.15, -0.1) is 0 Å². The zero-order valence-corrected chi connectivity index (χ0v) is 11.4. The summed E-state index contributed by atoms with van der Waals surface area (Å²) in [4.78, 5) is 7.57. The summed E-state index contributed by atoms with van der Waals surface area (Å²) in [6.45, 7) is 0. The van der Waals surface area contributed by atoms with Crippen molar-refractivity contribution in [2.75, 3.05) is 0 Å². The number of aromatic nitrogens is 2. The average Bonchev–Trinajstić information content (AvgIpc) is 3.22. The van der Waals surface area contributed by atoms with Gasteiger partial charge in [-0.25, -0.2) is 0 Å². The molecule has 0 aliphatic heterocycles. The van der Waals surface area contributed by atoms with Gasteiger partial charge in [0.25, 0.3) is 0 Å². The molecule has 0 bridgehead atoms. The van der Waals surface area contributed by atoms with Crippen LogP contribution in [0.1, 0.15) is 19.3 Å². The molecule has 2 aromatic rings. The van der Waals surface area contributed by atoms with Crippen molar-refractivity contribution in [3.05, 3.63) is 61.2 Å². The fourth-order valence-corrected chi connectivity index (χ4v) is 0.625. The molecule has 0 saturated heterocycles. The molecular formula is C13H16N2Pt. The first-order chi connectivity index (χ1) is 7.50. The fourth-order valence-electron chi connectivity index (χ4n) is 0.625. The molecule has 0 spiro atoms. The third-order valence-electron chi connectivity index (χ3n) is 1.49. The van der Waals surface area contributed by atoms with Gasteiger partial charge in [-0.05, 0) is 24.3 Å². The molecular weight excluding hydrogens is 379 g/mol. The topological polar surface area (TPSA) is 25.8 Å². The molecule has 0 N–H and O–H groups in total. The van der Waals surface area contributed by atoms with Gasteiger partial charge >= 0.3 is 0 Å². The van der Waals surface area contributed by atoms with Crippen LogP contribution in [-0.4, -0.2) is 9.97 Å². The van der Waals surface area contributed by atoms with Crippen molar-refractivity contribution in [3.63, 3.8) is 0 Å². The van der Waals surface area contributed by atoms with Crippen molar-refractivity contribution in [2.24, 2.45) is 0 Å². The molecule has 0 amide bonds. The number of pyridine rings is 2. The number of rotatable bonds is 0. The molecule has 2 nitrogen and oxygen atoms in total. The summed E-state index contributed by atoms with van der Waals surface area (Å²) < 4.78 is 0. The second kappa shape index (κ2) is 12.1. The first-order valence-corrected chi connectivity index (χ1v) is 5.20. The Hall–Kier alpha value is -1.01. The van der Waals surface area contributed by atoms with Gasteiger partial charge in [-0.3, -0.25) is 9.97 Å². The van der Waals surface area contributed by atoms with Gasteiger partial charge in [0.15, 0.2) is 0 Å². The molecule has 2 heterocycles. The van der Waals surface area contributed by atoms with Gasteiger partial charge in [0.1, 0.15) is 0 Å². The summed E-state index contributed by atoms with van der Waals surface area (Å²) in [5, 5.41) is 0. The standard InChI is InChI=1S/2C5H5N.C3H6.Pt/c2*1-2-4-6-5-3-1;1-2-3-1;/h2*1-5H;1-3H2;. The van der Waals surface area contributed by atoms with Crippen molar-refractivity contribution in [1.82, 2.24) is 9.97 Å². The van der Waals surface area contributed by atoms with E-state index < -0.39 is 0 Å². The van der Waals surface area contributed by atoms with E-state index >= 15 is 0 Å². The van der Waals surface area contributed by atoms with Crippen LogP contribution in [0.5, 0.6) is 0 Å². The molecule has 88 valence electrons. The van der Waals surface area contributed by atoms with E-state index in [0.717, 1.165) is 0 Å². The number of nitrogens with zero attached hydrogens (tertiary/aromatic N) is 2. The largest absolute Gasteiger partial charge is 0.265 e. The van der Waals surface area contributed by atoms with Crippen LogP contribution in [0.3, 0.4) is 0 Å². The fraction of sp³-hybridized carbons (Fsp3) is 0.231. The van der Waals surface area contributed by atoms with Crippen LogP contribution < -0.4 is 0 Å². The van der Waals surface area contributed by atoms with Crippen LogP contribution in [-0.2, 0) is 21.1 Å². The molecule has 0 atom stereocenters. The van der Waals surface area contributed by atoms with Crippen molar-refractivity contribution in [2.45, 2.75) is 19.3 Å². The molecule has 3 rings (SSSR count). The Morgan fingerprint density at radius 2 is 0.812 bits per heavy atom. The van der Waals surface area contributed by atoms with E-state index in [1.165, 1.54) is 19.3 Å². The zero-order valence-electron chi connectivity index (χ0n) is 9.11. The van der Waals surface area contributed by atoms with Gasteiger partial charge in [-0.2, -0.15) is 0 Å². The number of hydrogen-bond donors (Lipinski definition) is 0. The minimum Gasteiger partial charge on any atom is -0.265 e. The molecule has 1 aliphatic carbocycles. The van der Waals surface area contributed by atoms with Gasteiger partial charge in [-0.1, -0.05) is 31.4 Å². The van der Waals surface area contributed by atoms with Gasteiger partial charge < -0.3 is 0 Å². The summed E-state index contributed by atoms with van der Waals surface area (Å²) in [7, 11) is 0. The molecule has 1 saturated carbocycles. The summed E-state index contributed by atoms with van der Waals surface area (Å²) in [5.41, 5.74) is 0.